The summed E-state index contributed by atoms with van der Waals surface area (Å²) in [4.78, 5) is 9.26. The molecule has 2 aromatic heterocycles. The summed E-state index contributed by atoms with van der Waals surface area (Å²) in [5.74, 6) is 3.72. The lowest BCUT2D eigenvalue weighted by Crippen LogP contribution is -2.47. The molecule has 8 heteroatoms. The lowest BCUT2D eigenvalue weighted by molar-refractivity contribution is 0.0824. The SMILES string of the molecule is Cc1noc(C(C)N2CCN(Cc3nnc4n3CCCCC4)CC2)n1. The van der Waals surface area contributed by atoms with Crippen molar-refractivity contribution < 1.29 is 4.52 Å². The third-order valence-electron chi connectivity index (χ3n) is 5.41. The molecule has 2 aromatic rings. The molecule has 0 radical (unpaired) electrons. The van der Waals surface area contributed by atoms with Crippen LogP contribution < -0.4 is 0 Å². The minimum atomic E-state index is 0.174. The molecule has 136 valence electrons. The lowest BCUT2D eigenvalue weighted by atomic mass is 10.2. The first-order valence-electron chi connectivity index (χ1n) is 9.38. The van der Waals surface area contributed by atoms with E-state index in [1.165, 1.54) is 25.1 Å². The van der Waals surface area contributed by atoms with E-state index in [0.717, 1.165) is 51.5 Å². The van der Waals surface area contributed by atoms with Crippen LogP contribution in [0.1, 0.15) is 55.6 Å². The number of rotatable bonds is 4. The fraction of sp³-hybridized carbons (Fsp3) is 0.765. The maximum atomic E-state index is 5.33. The third kappa shape index (κ3) is 3.59. The van der Waals surface area contributed by atoms with Gasteiger partial charge in [-0.05, 0) is 26.7 Å². The molecule has 1 unspecified atom stereocenters. The third-order valence-corrected chi connectivity index (χ3v) is 5.41. The first-order chi connectivity index (χ1) is 12.2. The highest BCUT2D eigenvalue weighted by molar-refractivity contribution is 4.99. The number of fused-ring (bicyclic) bond motifs is 1. The van der Waals surface area contributed by atoms with Crippen LogP contribution in [-0.2, 0) is 19.5 Å². The largest absolute Gasteiger partial charge is 0.338 e. The molecular formula is C17H27N7O. The van der Waals surface area contributed by atoms with Gasteiger partial charge in [-0.3, -0.25) is 9.80 Å². The van der Waals surface area contributed by atoms with Gasteiger partial charge in [0, 0.05) is 39.1 Å². The Hall–Kier alpha value is -1.80. The summed E-state index contributed by atoms with van der Waals surface area (Å²) >= 11 is 0. The van der Waals surface area contributed by atoms with Crippen molar-refractivity contribution in [3.63, 3.8) is 0 Å². The Morgan fingerprint density at radius 2 is 1.88 bits per heavy atom. The first-order valence-corrected chi connectivity index (χ1v) is 9.38. The molecule has 1 atom stereocenters. The van der Waals surface area contributed by atoms with Gasteiger partial charge >= 0.3 is 0 Å². The minimum Gasteiger partial charge on any atom is -0.338 e. The van der Waals surface area contributed by atoms with Gasteiger partial charge in [-0.1, -0.05) is 11.6 Å². The van der Waals surface area contributed by atoms with Gasteiger partial charge in [0.15, 0.2) is 5.82 Å². The van der Waals surface area contributed by atoms with Crippen molar-refractivity contribution in [2.75, 3.05) is 26.2 Å². The summed E-state index contributed by atoms with van der Waals surface area (Å²) in [6.07, 6.45) is 4.85. The topological polar surface area (TPSA) is 76.1 Å². The van der Waals surface area contributed by atoms with E-state index in [9.17, 15) is 0 Å². The molecule has 0 amide bonds. The average molecular weight is 345 g/mol. The van der Waals surface area contributed by atoms with Crippen LogP contribution in [0.4, 0.5) is 0 Å². The van der Waals surface area contributed by atoms with Crippen LogP contribution in [0.15, 0.2) is 4.52 Å². The Morgan fingerprint density at radius 3 is 2.64 bits per heavy atom. The Balaban J connectivity index is 1.34. The number of nitrogens with zero attached hydrogens (tertiary/aromatic N) is 7. The van der Waals surface area contributed by atoms with Crippen LogP contribution in [0.2, 0.25) is 0 Å². The molecule has 1 saturated heterocycles. The van der Waals surface area contributed by atoms with E-state index >= 15 is 0 Å². The molecular weight excluding hydrogens is 318 g/mol. The van der Waals surface area contributed by atoms with Gasteiger partial charge in [0.2, 0.25) is 5.89 Å². The summed E-state index contributed by atoms with van der Waals surface area (Å²) in [7, 11) is 0. The molecule has 0 N–H and O–H groups in total. The highest BCUT2D eigenvalue weighted by Crippen LogP contribution is 2.21. The van der Waals surface area contributed by atoms with E-state index in [1.807, 2.05) is 6.92 Å². The number of aromatic nitrogens is 5. The van der Waals surface area contributed by atoms with E-state index in [4.69, 9.17) is 4.52 Å². The van der Waals surface area contributed by atoms with E-state index < -0.39 is 0 Å². The second kappa shape index (κ2) is 7.21. The zero-order valence-electron chi connectivity index (χ0n) is 15.2. The Morgan fingerprint density at radius 1 is 1.04 bits per heavy atom. The van der Waals surface area contributed by atoms with Crippen molar-refractivity contribution in [3.8, 4) is 0 Å². The number of hydrogen-bond acceptors (Lipinski definition) is 7. The van der Waals surface area contributed by atoms with Gasteiger partial charge in [0.05, 0.1) is 12.6 Å². The summed E-state index contributed by atoms with van der Waals surface area (Å²) in [6, 6.07) is 0.174. The van der Waals surface area contributed by atoms with E-state index in [2.05, 4.69) is 41.6 Å². The average Bonchev–Trinajstić information content (AvgIpc) is 3.14. The van der Waals surface area contributed by atoms with Gasteiger partial charge in [0.1, 0.15) is 11.6 Å². The second-order valence-corrected chi connectivity index (χ2v) is 7.16. The minimum absolute atomic E-state index is 0.174. The van der Waals surface area contributed by atoms with Crippen molar-refractivity contribution in [3.05, 3.63) is 23.4 Å². The molecule has 0 aliphatic carbocycles. The van der Waals surface area contributed by atoms with Crippen LogP contribution in [-0.4, -0.2) is 60.9 Å². The Kier molecular flexibility index (Phi) is 4.80. The standard InChI is InChI=1S/C17H27N7O/c1-13(17-18-14(2)21-25-17)23-10-8-22(9-11-23)12-16-20-19-15-6-4-3-5-7-24(15)16/h13H,3-12H2,1-2H3. The molecule has 0 saturated carbocycles. The fourth-order valence-electron chi connectivity index (χ4n) is 3.81. The Labute approximate surface area is 148 Å². The van der Waals surface area contributed by atoms with E-state index in [0.29, 0.717) is 11.7 Å². The van der Waals surface area contributed by atoms with Crippen LogP contribution in [0, 0.1) is 6.92 Å². The molecule has 4 heterocycles. The molecule has 25 heavy (non-hydrogen) atoms. The summed E-state index contributed by atoms with van der Waals surface area (Å²) < 4.78 is 7.68. The zero-order chi connectivity index (χ0) is 17.2. The molecule has 4 rings (SSSR count). The van der Waals surface area contributed by atoms with Crippen molar-refractivity contribution >= 4 is 0 Å². The molecule has 0 aromatic carbocycles. The predicted molar refractivity (Wildman–Crippen MR) is 91.9 cm³/mol. The maximum Gasteiger partial charge on any atom is 0.243 e. The summed E-state index contributed by atoms with van der Waals surface area (Å²) in [5.41, 5.74) is 0. The van der Waals surface area contributed by atoms with Gasteiger partial charge in [-0.2, -0.15) is 4.98 Å². The predicted octanol–water partition coefficient (Wildman–Crippen LogP) is 1.57. The maximum absolute atomic E-state index is 5.33. The van der Waals surface area contributed by atoms with Crippen molar-refractivity contribution in [1.82, 2.24) is 34.7 Å². The molecule has 2 aliphatic rings. The van der Waals surface area contributed by atoms with E-state index in [-0.39, 0.29) is 6.04 Å². The van der Waals surface area contributed by atoms with Gasteiger partial charge < -0.3 is 9.09 Å². The van der Waals surface area contributed by atoms with Crippen LogP contribution in [0.25, 0.3) is 0 Å². The van der Waals surface area contributed by atoms with Crippen molar-refractivity contribution in [1.29, 1.82) is 0 Å². The zero-order valence-corrected chi connectivity index (χ0v) is 15.2. The lowest BCUT2D eigenvalue weighted by Gasteiger charge is -2.36. The van der Waals surface area contributed by atoms with Gasteiger partial charge in [0.25, 0.3) is 0 Å². The second-order valence-electron chi connectivity index (χ2n) is 7.16. The monoisotopic (exact) mass is 345 g/mol. The molecule has 2 aliphatic heterocycles. The fourth-order valence-corrected chi connectivity index (χ4v) is 3.81. The van der Waals surface area contributed by atoms with Crippen LogP contribution >= 0.6 is 0 Å². The quantitative estimate of drug-likeness (QED) is 0.832. The summed E-state index contributed by atoms with van der Waals surface area (Å²) in [6.45, 7) is 10.0. The number of hydrogen-bond donors (Lipinski definition) is 0. The highest BCUT2D eigenvalue weighted by atomic mass is 16.5. The Bertz CT molecular complexity index is 702. The number of aryl methyl sites for hydroxylation is 2. The molecule has 0 spiro atoms. The smallest absolute Gasteiger partial charge is 0.243 e. The van der Waals surface area contributed by atoms with E-state index in [1.54, 1.807) is 0 Å². The van der Waals surface area contributed by atoms with Crippen LogP contribution in [0.3, 0.4) is 0 Å². The normalized spacial score (nSPS) is 21.0. The molecule has 8 nitrogen and oxygen atoms in total. The summed E-state index contributed by atoms with van der Waals surface area (Å²) in [5, 5.41) is 12.8. The first kappa shape index (κ1) is 16.7. The van der Waals surface area contributed by atoms with Gasteiger partial charge in [-0.15, -0.1) is 10.2 Å². The highest BCUT2D eigenvalue weighted by Gasteiger charge is 2.26. The van der Waals surface area contributed by atoms with Gasteiger partial charge in [-0.25, -0.2) is 0 Å². The number of piperazine rings is 1. The molecule has 1 fully saturated rings. The van der Waals surface area contributed by atoms with Crippen molar-refractivity contribution in [2.24, 2.45) is 0 Å². The molecule has 0 bridgehead atoms. The van der Waals surface area contributed by atoms with Crippen LogP contribution in [0.5, 0.6) is 0 Å². The van der Waals surface area contributed by atoms with Crippen molar-refractivity contribution in [2.45, 2.75) is 58.7 Å².